The van der Waals surface area contributed by atoms with E-state index in [1.807, 2.05) is 66.5 Å². The third kappa shape index (κ3) is 5.39. The number of carbonyl (C=O) groups is 2. The van der Waals surface area contributed by atoms with E-state index >= 15 is 0 Å². The molecule has 2 N–H and O–H groups in total. The summed E-state index contributed by atoms with van der Waals surface area (Å²) in [7, 11) is 1.91. The van der Waals surface area contributed by atoms with Gasteiger partial charge in [-0.15, -0.1) is 0 Å². The predicted molar refractivity (Wildman–Crippen MR) is 87.7 cm³/mol. The first-order valence-corrected chi connectivity index (χ1v) is 7.31. The zero-order valence-electron chi connectivity index (χ0n) is 13.2. The third-order valence-corrected chi connectivity index (χ3v) is 3.17. The monoisotopic (exact) mass is 310 g/mol. The first kappa shape index (κ1) is 16.4. The third-order valence-electron chi connectivity index (χ3n) is 3.17. The Morgan fingerprint density at radius 2 is 1.74 bits per heavy atom. The van der Waals surface area contributed by atoms with Gasteiger partial charge in [0.15, 0.2) is 12.4 Å². The predicted octanol–water partition coefficient (Wildman–Crippen LogP) is 1.30. The molecule has 5 nitrogen and oxygen atoms in total. The minimum Gasteiger partial charge on any atom is -0.347 e. The number of hydrogen-bond acceptors (Lipinski definition) is 2. The number of aryl methyl sites for hydroxylation is 1. The molecule has 0 aliphatic heterocycles. The summed E-state index contributed by atoms with van der Waals surface area (Å²) >= 11 is 0. The maximum Gasteiger partial charge on any atom is 0.268 e. The van der Waals surface area contributed by atoms with Crippen molar-refractivity contribution in [2.24, 2.45) is 7.05 Å². The van der Waals surface area contributed by atoms with Crippen LogP contribution in [0.15, 0.2) is 60.6 Å². The molecule has 118 valence electrons. The van der Waals surface area contributed by atoms with Gasteiger partial charge >= 0.3 is 0 Å². The number of hydrogen-bond donors (Lipinski definition) is 2. The summed E-state index contributed by atoms with van der Waals surface area (Å²) in [6.07, 6.45) is 5.40. The molecule has 1 aromatic carbocycles. The summed E-state index contributed by atoms with van der Waals surface area (Å²) in [5.74, 6) is -0.607. The SMILES string of the molecule is CC(=O)N/C(=C\c1cc[n+](C)cc1)C(=O)NCc1ccccc1. The van der Waals surface area contributed by atoms with Crippen molar-refractivity contribution in [3.8, 4) is 0 Å². The smallest absolute Gasteiger partial charge is 0.268 e. The number of carbonyl (C=O) groups excluding carboxylic acids is 2. The zero-order valence-corrected chi connectivity index (χ0v) is 13.2. The molecule has 0 atom stereocenters. The second-order valence-corrected chi connectivity index (χ2v) is 5.20. The quantitative estimate of drug-likeness (QED) is 0.646. The lowest BCUT2D eigenvalue weighted by Gasteiger charge is -2.09. The van der Waals surface area contributed by atoms with Crippen LogP contribution in [0.1, 0.15) is 18.1 Å². The van der Waals surface area contributed by atoms with Crippen molar-refractivity contribution >= 4 is 17.9 Å². The maximum atomic E-state index is 12.3. The van der Waals surface area contributed by atoms with Gasteiger partial charge in [0.2, 0.25) is 5.91 Å². The topological polar surface area (TPSA) is 62.1 Å². The number of rotatable bonds is 5. The Morgan fingerprint density at radius 3 is 2.35 bits per heavy atom. The van der Waals surface area contributed by atoms with E-state index in [4.69, 9.17) is 0 Å². The van der Waals surface area contributed by atoms with Crippen LogP contribution >= 0.6 is 0 Å². The van der Waals surface area contributed by atoms with Crippen LogP contribution in [-0.4, -0.2) is 11.8 Å². The van der Waals surface area contributed by atoms with Crippen molar-refractivity contribution in [3.05, 3.63) is 71.7 Å². The van der Waals surface area contributed by atoms with Crippen molar-refractivity contribution in [3.63, 3.8) is 0 Å². The Hall–Kier alpha value is -2.95. The molecule has 0 bridgehead atoms. The van der Waals surface area contributed by atoms with Crippen LogP contribution in [0.5, 0.6) is 0 Å². The van der Waals surface area contributed by atoms with Crippen molar-refractivity contribution in [2.75, 3.05) is 0 Å². The van der Waals surface area contributed by atoms with E-state index in [9.17, 15) is 9.59 Å². The van der Waals surface area contributed by atoms with Gasteiger partial charge < -0.3 is 10.6 Å². The number of nitrogens with one attached hydrogen (secondary N) is 2. The lowest BCUT2D eigenvalue weighted by Crippen LogP contribution is -2.33. The normalized spacial score (nSPS) is 11.0. The Bertz CT molecular complexity index is 707. The molecule has 1 aromatic heterocycles. The van der Waals surface area contributed by atoms with Gasteiger partial charge in [0.1, 0.15) is 12.7 Å². The number of nitrogens with zero attached hydrogens (tertiary/aromatic N) is 1. The van der Waals surface area contributed by atoms with E-state index in [-0.39, 0.29) is 17.5 Å². The standard InChI is InChI=1S/C18H19N3O2/c1-14(22)20-17(12-15-8-10-21(2)11-9-15)18(23)19-13-16-6-4-3-5-7-16/h3-12H,13H2,1-2H3,(H,19,23)/p+1. The number of aromatic nitrogens is 1. The van der Waals surface area contributed by atoms with Gasteiger partial charge in [0.05, 0.1) is 0 Å². The average molecular weight is 310 g/mol. The fourth-order valence-electron chi connectivity index (χ4n) is 2.00. The van der Waals surface area contributed by atoms with E-state index in [1.165, 1.54) is 6.92 Å². The fourth-order valence-corrected chi connectivity index (χ4v) is 2.00. The molecule has 0 fully saturated rings. The molecule has 1 heterocycles. The highest BCUT2D eigenvalue weighted by atomic mass is 16.2. The van der Waals surface area contributed by atoms with Gasteiger partial charge in [0, 0.05) is 25.6 Å². The Morgan fingerprint density at radius 1 is 1.09 bits per heavy atom. The molecule has 23 heavy (non-hydrogen) atoms. The van der Waals surface area contributed by atoms with Crippen molar-refractivity contribution in [1.82, 2.24) is 10.6 Å². The summed E-state index contributed by atoms with van der Waals surface area (Å²) < 4.78 is 1.89. The van der Waals surface area contributed by atoms with Crippen LogP contribution in [0.4, 0.5) is 0 Å². The van der Waals surface area contributed by atoms with Crippen LogP contribution in [0.25, 0.3) is 6.08 Å². The van der Waals surface area contributed by atoms with Crippen LogP contribution < -0.4 is 15.2 Å². The Kier molecular flexibility index (Phi) is 5.63. The van der Waals surface area contributed by atoms with Crippen molar-refractivity contribution < 1.29 is 14.2 Å². The summed E-state index contributed by atoms with van der Waals surface area (Å²) in [5.41, 5.74) is 2.05. The molecule has 0 unspecified atom stereocenters. The van der Waals surface area contributed by atoms with Gasteiger partial charge in [-0.3, -0.25) is 9.59 Å². The van der Waals surface area contributed by atoms with E-state index in [1.54, 1.807) is 6.08 Å². The van der Waals surface area contributed by atoms with E-state index in [2.05, 4.69) is 10.6 Å². The van der Waals surface area contributed by atoms with Gasteiger partial charge in [-0.05, 0) is 17.2 Å². The van der Waals surface area contributed by atoms with Crippen LogP contribution in [0.2, 0.25) is 0 Å². The second kappa shape index (κ2) is 7.89. The lowest BCUT2D eigenvalue weighted by molar-refractivity contribution is -0.671. The zero-order chi connectivity index (χ0) is 16.7. The van der Waals surface area contributed by atoms with Gasteiger partial charge in [-0.2, -0.15) is 0 Å². The van der Waals surface area contributed by atoms with Crippen LogP contribution in [0.3, 0.4) is 0 Å². The number of amides is 2. The van der Waals surface area contributed by atoms with Gasteiger partial charge in [-0.25, -0.2) is 4.57 Å². The lowest BCUT2D eigenvalue weighted by atomic mass is 10.2. The molecular weight excluding hydrogens is 290 g/mol. The van der Waals surface area contributed by atoms with E-state index in [0.29, 0.717) is 6.54 Å². The molecular formula is C18H20N3O2+. The van der Waals surface area contributed by atoms with Crippen LogP contribution in [-0.2, 0) is 23.2 Å². The minimum absolute atomic E-state index is 0.224. The van der Waals surface area contributed by atoms with Crippen molar-refractivity contribution in [2.45, 2.75) is 13.5 Å². The fraction of sp³-hybridized carbons (Fsp3) is 0.167. The van der Waals surface area contributed by atoms with E-state index < -0.39 is 0 Å². The molecule has 0 aliphatic carbocycles. The summed E-state index contributed by atoms with van der Waals surface area (Å²) in [6.45, 7) is 1.78. The first-order chi connectivity index (χ1) is 11.0. The highest BCUT2D eigenvalue weighted by Gasteiger charge is 2.11. The summed E-state index contributed by atoms with van der Waals surface area (Å²) in [5, 5.41) is 5.39. The molecule has 0 radical (unpaired) electrons. The molecule has 0 saturated heterocycles. The first-order valence-electron chi connectivity index (χ1n) is 7.31. The number of pyridine rings is 1. The molecule has 5 heteroatoms. The highest BCUT2D eigenvalue weighted by molar-refractivity contribution is 6.00. The Balaban J connectivity index is 2.12. The molecule has 0 aliphatic rings. The van der Waals surface area contributed by atoms with Gasteiger partial charge in [0.25, 0.3) is 5.91 Å². The summed E-state index contributed by atoms with van der Waals surface area (Å²) in [4.78, 5) is 23.7. The summed E-state index contributed by atoms with van der Waals surface area (Å²) in [6, 6.07) is 13.3. The highest BCUT2D eigenvalue weighted by Crippen LogP contribution is 2.04. The molecule has 2 aromatic rings. The largest absolute Gasteiger partial charge is 0.347 e. The number of benzene rings is 1. The Labute approximate surface area is 135 Å². The second-order valence-electron chi connectivity index (χ2n) is 5.20. The molecule has 2 rings (SSSR count). The maximum absolute atomic E-state index is 12.3. The molecule has 0 spiro atoms. The van der Waals surface area contributed by atoms with Crippen LogP contribution in [0, 0.1) is 0 Å². The van der Waals surface area contributed by atoms with E-state index in [0.717, 1.165) is 11.1 Å². The molecule has 2 amide bonds. The minimum atomic E-state index is -0.322. The van der Waals surface area contributed by atoms with Crippen molar-refractivity contribution in [1.29, 1.82) is 0 Å². The average Bonchev–Trinajstić information content (AvgIpc) is 2.54. The van der Waals surface area contributed by atoms with Gasteiger partial charge in [-0.1, -0.05) is 30.3 Å². The molecule has 0 saturated carbocycles.